The Kier molecular flexibility index (Phi) is 8.40. The SMILES string of the molecule is CC(=O)O[C@H]1CC[C@](C)([C@H]2CC[C@]3(C)[C@@H]([C@H](C)CCCC(C)C)CC[C@H]3[C@@H]2CC(=O)O)C(=O)O1. The van der Waals surface area contributed by atoms with Gasteiger partial charge in [0.2, 0.25) is 6.29 Å². The molecule has 1 aliphatic heterocycles. The van der Waals surface area contributed by atoms with Gasteiger partial charge in [0.1, 0.15) is 0 Å². The molecule has 6 nitrogen and oxygen atoms in total. The monoisotopic (exact) mass is 478 g/mol. The molecule has 8 atom stereocenters. The smallest absolute Gasteiger partial charge is 0.315 e. The Labute approximate surface area is 205 Å². The van der Waals surface area contributed by atoms with E-state index in [2.05, 4.69) is 27.7 Å². The van der Waals surface area contributed by atoms with E-state index < -0.39 is 23.6 Å². The number of fused-ring (bicyclic) bond motifs is 1. The molecule has 1 saturated heterocycles. The number of esters is 2. The van der Waals surface area contributed by atoms with Crippen molar-refractivity contribution in [1.82, 2.24) is 0 Å². The van der Waals surface area contributed by atoms with Crippen LogP contribution in [0, 0.1) is 46.3 Å². The number of carbonyl (C=O) groups is 3. The van der Waals surface area contributed by atoms with E-state index in [1.807, 2.05) is 6.92 Å². The average Bonchev–Trinajstić information content (AvgIpc) is 3.07. The summed E-state index contributed by atoms with van der Waals surface area (Å²) in [5, 5.41) is 9.85. The zero-order valence-electron chi connectivity index (χ0n) is 22.1. The van der Waals surface area contributed by atoms with Crippen molar-refractivity contribution in [3.05, 3.63) is 0 Å². The molecular weight excluding hydrogens is 432 g/mol. The van der Waals surface area contributed by atoms with Crippen LogP contribution in [0.1, 0.15) is 106 Å². The van der Waals surface area contributed by atoms with Crippen molar-refractivity contribution in [2.75, 3.05) is 0 Å². The van der Waals surface area contributed by atoms with Crippen LogP contribution in [0.4, 0.5) is 0 Å². The fraction of sp³-hybridized carbons (Fsp3) is 0.893. The highest BCUT2D eigenvalue weighted by atomic mass is 16.7. The van der Waals surface area contributed by atoms with Gasteiger partial charge < -0.3 is 14.6 Å². The first-order valence-electron chi connectivity index (χ1n) is 13.5. The first-order valence-corrected chi connectivity index (χ1v) is 13.5. The van der Waals surface area contributed by atoms with Gasteiger partial charge in [0, 0.05) is 19.8 Å². The summed E-state index contributed by atoms with van der Waals surface area (Å²) in [6.45, 7) is 12.6. The molecular formula is C28H46O6. The summed E-state index contributed by atoms with van der Waals surface area (Å²) < 4.78 is 10.7. The van der Waals surface area contributed by atoms with Crippen LogP contribution in [0.2, 0.25) is 0 Å². The molecule has 2 aliphatic carbocycles. The Morgan fingerprint density at radius 3 is 2.35 bits per heavy atom. The van der Waals surface area contributed by atoms with Crippen molar-refractivity contribution in [1.29, 1.82) is 0 Å². The van der Waals surface area contributed by atoms with E-state index in [1.54, 1.807) is 0 Å². The quantitative estimate of drug-likeness (QED) is 0.396. The Morgan fingerprint density at radius 2 is 1.76 bits per heavy atom. The van der Waals surface area contributed by atoms with Crippen LogP contribution in [-0.2, 0) is 23.9 Å². The molecule has 0 radical (unpaired) electrons. The summed E-state index contributed by atoms with van der Waals surface area (Å²) in [7, 11) is 0. The normalized spacial score (nSPS) is 38.8. The zero-order chi connectivity index (χ0) is 25.3. The first kappa shape index (κ1) is 27.0. The van der Waals surface area contributed by atoms with Gasteiger partial charge in [-0.25, -0.2) is 0 Å². The first-order chi connectivity index (χ1) is 15.9. The second kappa shape index (κ2) is 10.6. The van der Waals surface area contributed by atoms with Crippen LogP contribution in [-0.4, -0.2) is 29.3 Å². The van der Waals surface area contributed by atoms with Crippen LogP contribution < -0.4 is 0 Å². The second-order valence-electron chi connectivity index (χ2n) is 12.4. The maximum absolute atomic E-state index is 13.2. The summed E-state index contributed by atoms with van der Waals surface area (Å²) in [5.74, 6) is 0.648. The molecule has 0 aromatic rings. The summed E-state index contributed by atoms with van der Waals surface area (Å²) in [5.41, 5.74) is -0.609. The van der Waals surface area contributed by atoms with Crippen molar-refractivity contribution in [3.63, 3.8) is 0 Å². The highest BCUT2D eigenvalue weighted by molar-refractivity contribution is 5.78. The third kappa shape index (κ3) is 5.46. The molecule has 0 unspecified atom stereocenters. The third-order valence-corrected chi connectivity index (χ3v) is 9.77. The van der Waals surface area contributed by atoms with Gasteiger partial charge in [-0.1, -0.05) is 47.0 Å². The maximum atomic E-state index is 13.2. The average molecular weight is 479 g/mol. The predicted molar refractivity (Wildman–Crippen MR) is 130 cm³/mol. The van der Waals surface area contributed by atoms with Crippen molar-refractivity contribution in [2.45, 2.75) is 112 Å². The van der Waals surface area contributed by atoms with Crippen LogP contribution in [0.5, 0.6) is 0 Å². The van der Waals surface area contributed by atoms with Crippen LogP contribution in [0.15, 0.2) is 0 Å². The number of hydrogen-bond acceptors (Lipinski definition) is 5. The number of carboxylic acid groups (broad SMARTS) is 1. The van der Waals surface area contributed by atoms with Gasteiger partial charge in [-0.05, 0) is 80.0 Å². The molecule has 0 bridgehead atoms. The van der Waals surface area contributed by atoms with Gasteiger partial charge in [0.15, 0.2) is 0 Å². The molecule has 6 heteroatoms. The Balaban J connectivity index is 1.78. The lowest BCUT2D eigenvalue weighted by atomic mass is 9.50. The van der Waals surface area contributed by atoms with Gasteiger partial charge in [-0.2, -0.15) is 0 Å². The summed E-state index contributed by atoms with van der Waals surface area (Å²) in [4.78, 5) is 36.5. The van der Waals surface area contributed by atoms with Gasteiger partial charge in [-0.3, -0.25) is 14.4 Å². The third-order valence-electron chi connectivity index (χ3n) is 9.77. The molecule has 1 heterocycles. The minimum Gasteiger partial charge on any atom is -0.481 e. The molecule has 1 N–H and O–H groups in total. The molecule has 34 heavy (non-hydrogen) atoms. The molecule has 0 aromatic carbocycles. The Morgan fingerprint density at radius 1 is 1.06 bits per heavy atom. The van der Waals surface area contributed by atoms with E-state index in [4.69, 9.17) is 9.47 Å². The van der Waals surface area contributed by atoms with Gasteiger partial charge >= 0.3 is 17.9 Å². The number of ether oxygens (including phenoxy) is 2. The minimum absolute atomic E-state index is 0.0255. The molecule has 3 aliphatic rings. The molecule has 0 aromatic heterocycles. The highest BCUT2D eigenvalue weighted by Crippen LogP contribution is 2.64. The summed E-state index contributed by atoms with van der Waals surface area (Å²) >= 11 is 0. The van der Waals surface area contributed by atoms with E-state index in [0.29, 0.717) is 30.6 Å². The van der Waals surface area contributed by atoms with Crippen molar-refractivity contribution < 1.29 is 29.0 Å². The van der Waals surface area contributed by atoms with E-state index in [-0.39, 0.29) is 29.6 Å². The number of hydrogen-bond donors (Lipinski definition) is 1. The van der Waals surface area contributed by atoms with Crippen molar-refractivity contribution in [2.24, 2.45) is 46.3 Å². The molecule has 0 amide bonds. The number of rotatable bonds is 9. The van der Waals surface area contributed by atoms with E-state index in [1.165, 1.54) is 26.2 Å². The largest absolute Gasteiger partial charge is 0.481 e. The second-order valence-corrected chi connectivity index (χ2v) is 12.4. The topological polar surface area (TPSA) is 89.9 Å². The lowest BCUT2D eigenvalue weighted by Crippen LogP contribution is -2.53. The van der Waals surface area contributed by atoms with Crippen molar-refractivity contribution in [3.8, 4) is 0 Å². The van der Waals surface area contributed by atoms with Crippen LogP contribution in [0.25, 0.3) is 0 Å². The predicted octanol–water partition coefficient (Wildman–Crippen LogP) is 6.21. The highest BCUT2D eigenvalue weighted by Gasteiger charge is 2.60. The van der Waals surface area contributed by atoms with E-state index in [0.717, 1.165) is 31.6 Å². The molecule has 194 valence electrons. The number of aliphatic carboxylic acids is 1. The number of cyclic esters (lactones) is 1. The standard InChI is InChI=1S/C28H46O6/c1-17(2)8-7-9-18(3)21-10-11-22-20(16-24(30)31)23(12-14-27(21,22)5)28(6)15-13-25(33-19(4)29)34-26(28)32/h17-18,20-23,25H,7-16H2,1-6H3,(H,30,31)/t18-,20+,21-,22+,23+,25-,27-,28-/m1/s1. The van der Waals surface area contributed by atoms with Gasteiger partial charge in [0.05, 0.1) is 5.41 Å². The summed E-state index contributed by atoms with van der Waals surface area (Å²) in [6.07, 6.45) is 8.15. The molecule has 3 fully saturated rings. The van der Waals surface area contributed by atoms with E-state index >= 15 is 0 Å². The summed E-state index contributed by atoms with van der Waals surface area (Å²) in [6, 6.07) is 0. The number of carboxylic acids is 1. The van der Waals surface area contributed by atoms with Crippen LogP contribution >= 0.6 is 0 Å². The fourth-order valence-electron chi connectivity index (χ4n) is 8.03. The minimum atomic E-state index is -0.826. The van der Waals surface area contributed by atoms with Gasteiger partial charge in [-0.15, -0.1) is 0 Å². The molecule has 2 saturated carbocycles. The Hall–Kier alpha value is -1.59. The van der Waals surface area contributed by atoms with Gasteiger partial charge in [0.25, 0.3) is 0 Å². The number of carbonyl (C=O) groups excluding carboxylic acids is 2. The van der Waals surface area contributed by atoms with E-state index in [9.17, 15) is 19.5 Å². The Bertz CT molecular complexity index is 762. The molecule has 3 rings (SSSR count). The lowest BCUT2D eigenvalue weighted by molar-refractivity contribution is -0.215. The van der Waals surface area contributed by atoms with Crippen molar-refractivity contribution >= 4 is 17.9 Å². The molecule has 0 spiro atoms. The van der Waals surface area contributed by atoms with Crippen LogP contribution in [0.3, 0.4) is 0 Å². The lowest BCUT2D eigenvalue weighted by Gasteiger charge is -2.54. The fourth-order valence-corrected chi connectivity index (χ4v) is 8.03. The zero-order valence-corrected chi connectivity index (χ0v) is 22.1. The maximum Gasteiger partial charge on any atom is 0.315 e.